The van der Waals surface area contributed by atoms with Crippen LogP contribution in [0.5, 0.6) is 0 Å². The number of rotatable bonds is 0. The number of likely N-dealkylation sites (N-methyl/N-ethyl adjacent to an activating group) is 1. The van der Waals surface area contributed by atoms with Crippen LogP contribution in [-0.4, -0.2) is 30.1 Å². The first-order valence-corrected chi connectivity index (χ1v) is 4.25. The number of hydrogen-bond donors (Lipinski definition) is 1. The van der Waals surface area contributed by atoms with Crippen LogP contribution < -0.4 is 5.32 Å². The molecule has 0 unspecified atom stereocenters. The lowest BCUT2D eigenvalue weighted by atomic mass is 9.99. The highest BCUT2D eigenvalue weighted by atomic mass is 16.2. The Morgan fingerprint density at radius 2 is 2.09 bits per heavy atom. The van der Waals surface area contributed by atoms with Gasteiger partial charge in [0.05, 0.1) is 5.54 Å². The first-order valence-electron chi connectivity index (χ1n) is 4.25. The van der Waals surface area contributed by atoms with Crippen LogP contribution in [0, 0.1) is 0 Å². The maximum Gasteiger partial charge on any atom is 0.317 e. The summed E-state index contributed by atoms with van der Waals surface area (Å²) in [7, 11) is 1.86. The molecule has 11 heavy (non-hydrogen) atoms. The standard InChI is InChI=1S/C8H14N2O/c1-10-6-8(9-7(10)11)4-2-3-5-8/h2-6H2,1H3,(H,9,11). The van der Waals surface area contributed by atoms with Gasteiger partial charge in [-0.3, -0.25) is 0 Å². The number of amides is 2. The maximum atomic E-state index is 11.2. The molecule has 3 heteroatoms. The Labute approximate surface area is 66.8 Å². The molecule has 1 saturated carbocycles. The van der Waals surface area contributed by atoms with Crippen LogP contribution >= 0.6 is 0 Å². The number of hydrogen-bond acceptors (Lipinski definition) is 1. The molecule has 1 saturated heterocycles. The molecular formula is C8H14N2O. The third-order valence-corrected chi connectivity index (χ3v) is 2.82. The van der Waals surface area contributed by atoms with Crippen LogP contribution in [0.1, 0.15) is 25.7 Å². The number of carbonyl (C=O) groups excluding carboxylic acids is 1. The van der Waals surface area contributed by atoms with E-state index in [1.165, 1.54) is 25.7 Å². The second kappa shape index (κ2) is 2.13. The van der Waals surface area contributed by atoms with Gasteiger partial charge in [0, 0.05) is 13.6 Å². The zero-order valence-electron chi connectivity index (χ0n) is 6.89. The van der Waals surface area contributed by atoms with Gasteiger partial charge in [-0.1, -0.05) is 12.8 Å². The van der Waals surface area contributed by atoms with Crippen molar-refractivity contribution in [1.29, 1.82) is 0 Å². The molecule has 1 N–H and O–H groups in total. The number of urea groups is 1. The van der Waals surface area contributed by atoms with Crippen LogP contribution in [-0.2, 0) is 0 Å². The van der Waals surface area contributed by atoms with Crippen molar-refractivity contribution in [2.45, 2.75) is 31.2 Å². The van der Waals surface area contributed by atoms with Crippen molar-refractivity contribution in [3.8, 4) is 0 Å². The molecule has 1 aliphatic carbocycles. The largest absolute Gasteiger partial charge is 0.331 e. The van der Waals surface area contributed by atoms with Crippen molar-refractivity contribution in [1.82, 2.24) is 10.2 Å². The monoisotopic (exact) mass is 154 g/mol. The molecule has 0 atom stereocenters. The van der Waals surface area contributed by atoms with Crippen LogP contribution in [0.4, 0.5) is 4.79 Å². The molecule has 1 heterocycles. The zero-order valence-corrected chi connectivity index (χ0v) is 6.89. The van der Waals surface area contributed by atoms with E-state index < -0.39 is 0 Å². The topological polar surface area (TPSA) is 32.3 Å². The lowest BCUT2D eigenvalue weighted by Gasteiger charge is -2.20. The second-order valence-electron chi connectivity index (χ2n) is 3.77. The van der Waals surface area contributed by atoms with Crippen LogP contribution in [0.25, 0.3) is 0 Å². The average Bonchev–Trinajstić information content (AvgIpc) is 2.46. The Morgan fingerprint density at radius 3 is 2.55 bits per heavy atom. The predicted octanol–water partition coefficient (Wildman–Crippen LogP) is 0.954. The van der Waals surface area contributed by atoms with Crippen molar-refractivity contribution in [3.05, 3.63) is 0 Å². The molecule has 2 rings (SSSR count). The van der Waals surface area contributed by atoms with E-state index in [9.17, 15) is 4.79 Å². The van der Waals surface area contributed by atoms with Gasteiger partial charge in [-0.25, -0.2) is 4.79 Å². The summed E-state index contributed by atoms with van der Waals surface area (Å²) in [5.41, 5.74) is 0.159. The summed E-state index contributed by atoms with van der Waals surface area (Å²) in [6.07, 6.45) is 4.88. The van der Waals surface area contributed by atoms with E-state index in [0.29, 0.717) is 0 Å². The summed E-state index contributed by atoms with van der Waals surface area (Å²) < 4.78 is 0. The molecular weight excluding hydrogens is 140 g/mol. The third-order valence-electron chi connectivity index (χ3n) is 2.82. The molecule has 0 aromatic heterocycles. The van der Waals surface area contributed by atoms with Crippen LogP contribution in [0.2, 0.25) is 0 Å². The van der Waals surface area contributed by atoms with Gasteiger partial charge >= 0.3 is 6.03 Å². The van der Waals surface area contributed by atoms with E-state index in [1.807, 2.05) is 7.05 Å². The van der Waals surface area contributed by atoms with E-state index in [1.54, 1.807) is 4.90 Å². The Kier molecular flexibility index (Phi) is 1.34. The fraction of sp³-hybridized carbons (Fsp3) is 0.875. The third kappa shape index (κ3) is 0.988. The molecule has 62 valence electrons. The smallest absolute Gasteiger partial charge is 0.317 e. The Hall–Kier alpha value is -0.730. The summed E-state index contributed by atoms with van der Waals surface area (Å²) in [6.45, 7) is 0.909. The van der Waals surface area contributed by atoms with Crippen molar-refractivity contribution < 1.29 is 4.79 Å². The molecule has 0 aromatic rings. The predicted molar refractivity (Wildman–Crippen MR) is 42.4 cm³/mol. The minimum atomic E-state index is 0.104. The summed E-state index contributed by atoms with van der Waals surface area (Å²) >= 11 is 0. The first-order chi connectivity index (χ1) is 5.22. The summed E-state index contributed by atoms with van der Waals surface area (Å²) in [6, 6.07) is 0.104. The van der Waals surface area contributed by atoms with Gasteiger partial charge in [-0.2, -0.15) is 0 Å². The van der Waals surface area contributed by atoms with E-state index in [0.717, 1.165) is 6.54 Å². The number of nitrogens with zero attached hydrogens (tertiary/aromatic N) is 1. The molecule has 3 nitrogen and oxygen atoms in total. The highest BCUT2D eigenvalue weighted by Crippen LogP contribution is 2.33. The van der Waals surface area contributed by atoms with Crippen molar-refractivity contribution in [2.24, 2.45) is 0 Å². The van der Waals surface area contributed by atoms with E-state index in [4.69, 9.17) is 0 Å². The van der Waals surface area contributed by atoms with Crippen LogP contribution in [0.3, 0.4) is 0 Å². The molecule has 1 spiro atoms. The average molecular weight is 154 g/mol. The molecule has 0 aromatic carbocycles. The fourth-order valence-electron chi connectivity index (χ4n) is 2.22. The summed E-state index contributed by atoms with van der Waals surface area (Å²) in [5.74, 6) is 0. The van der Waals surface area contributed by atoms with E-state index in [-0.39, 0.29) is 11.6 Å². The molecule has 0 radical (unpaired) electrons. The SMILES string of the molecule is CN1CC2(CCCC2)NC1=O. The van der Waals surface area contributed by atoms with Crippen molar-refractivity contribution in [2.75, 3.05) is 13.6 Å². The normalized spacial score (nSPS) is 28.1. The van der Waals surface area contributed by atoms with Gasteiger partial charge in [-0.15, -0.1) is 0 Å². The quantitative estimate of drug-likeness (QED) is 0.553. The number of nitrogens with one attached hydrogen (secondary N) is 1. The highest BCUT2D eigenvalue weighted by Gasteiger charge is 2.42. The van der Waals surface area contributed by atoms with Crippen LogP contribution in [0.15, 0.2) is 0 Å². The van der Waals surface area contributed by atoms with Crippen molar-refractivity contribution >= 4 is 6.03 Å². The Morgan fingerprint density at radius 1 is 1.45 bits per heavy atom. The first kappa shape index (κ1) is 6.95. The van der Waals surface area contributed by atoms with Gasteiger partial charge < -0.3 is 10.2 Å². The maximum absolute atomic E-state index is 11.2. The fourth-order valence-corrected chi connectivity index (χ4v) is 2.22. The summed E-state index contributed by atoms with van der Waals surface area (Å²) in [4.78, 5) is 12.9. The van der Waals surface area contributed by atoms with Gasteiger partial charge in [0.1, 0.15) is 0 Å². The lowest BCUT2D eigenvalue weighted by Crippen LogP contribution is -2.40. The molecule has 0 bridgehead atoms. The van der Waals surface area contributed by atoms with E-state index in [2.05, 4.69) is 5.32 Å². The van der Waals surface area contributed by atoms with Crippen molar-refractivity contribution in [3.63, 3.8) is 0 Å². The van der Waals surface area contributed by atoms with E-state index >= 15 is 0 Å². The van der Waals surface area contributed by atoms with Gasteiger partial charge in [0.15, 0.2) is 0 Å². The minimum Gasteiger partial charge on any atom is -0.331 e. The van der Waals surface area contributed by atoms with Gasteiger partial charge in [-0.05, 0) is 12.8 Å². The highest BCUT2D eigenvalue weighted by molar-refractivity contribution is 5.77. The minimum absolute atomic E-state index is 0.104. The van der Waals surface area contributed by atoms with Gasteiger partial charge in [0.25, 0.3) is 0 Å². The Bertz CT molecular complexity index is 185. The number of carbonyl (C=O) groups is 1. The lowest BCUT2D eigenvalue weighted by molar-refractivity contribution is 0.226. The molecule has 2 fully saturated rings. The second-order valence-corrected chi connectivity index (χ2v) is 3.77. The summed E-state index contributed by atoms with van der Waals surface area (Å²) in [5, 5.41) is 3.07. The Balaban J connectivity index is 2.12. The zero-order chi connectivity index (χ0) is 7.90. The molecule has 1 aliphatic heterocycles. The molecule has 2 amide bonds. The van der Waals surface area contributed by atoms with Gasteiger partial charge in [0.2, 0.25) is 0 Å². The molecule has 2 aliphatic rings.